The molecule has 0 aliphatic rings. The lowest BCUT2D eigenvalue weighted by Crippen LogP contribution is -2.23. The van der Waals surface area contributed by atoms with Gasteiger partial charge in [-0.25, -0.2) is 0 Å². The topological polar surface area (TPSA) is 38.3 Å². The van der Waals surface area contributed by atoms with Crippen molar-refractivity contribution in [3.63, 3.8) is 0 Å². The Bertz CT molecular complexity index is 559. The van der Waals surface area contributed by atoms with Crippen molar-refractivity contribution >= 4 is 23.3 Å². The summed E-state index contributed by atoms with van der Waals surface area (Å²) in [6.45, 7) is 0.625. The molecule has 1 aromatic heterocycles. The van der Waals surface area contributed by atoms with Gasteiger partial charge in [0.25, 0.3) is 0 Å². The largest absolute Gasteiger partial charge is 0.497 e. The van der Waals surface area contributed by atoms with Gasteiger partial charge in [-0.3, -0.25) is 4.79 Å². The molecule has 20 heavy (non-hydrogen) atoms. The SMILES string of the molecule is COc1ccc(CCNC(=O)/C=C/c2cccs2)cc1. The molecule has 2 rings (SSSR count). The predicted octanol–water partition coefficient (Wildman–Crippen LogP) is 3.13. The molecular weight excluding hydrogens is 270 g/mol. The first-order valence-electron chi connectivity index (χ1n) is 6.40. The first kappa shape index (κ1) is 14.3. The van der Waals surface area contributed by atoms with Crippen LogP contribution in [0.25, 0.3) is 6.08 Å². The van der Waals surface area contributed by atoms with E-state index in [4.69, 9.17) is 4.74 Å². The van der Waals surface area contributed by atoms with E-state index in [9.17, 15) is 4.79 Å². The van der Waals surface area contributed by atoms with Crippen molar-refractivity contribution in [3.05, 3.63) is 58.3 Å². The molecule has 4 heteroatoms. The molecule has 1 heterocycles. The molecule has 0 radical (unpaired) electrons. The van der Waals surface area contributed by atoms with Gasteiger partial charge in [0.15, 0.2) is 0 Å². The number of hydrogen-bond donors (Lipinski definition) is 1. The molecule has 0 fully saturated rings. The molecule has 0 bridgehead atoms. The van der Waals surface area contributed by atoms with Gasteiger partial charge in [0.1, 0.15) is 5.75 Å². The Kier molecular flexibility index (Phi) is 5.38. The number of nitrogens with one attached hydrogen (secondary N) is 1. The van der Waals surface area contributed by atoms with Crippen molar-refractivity contribution in [3.8, 4) is 5.75 Å². The molecule has 2 aromatic rings. The van der Waals surface area contributed by atoms with Crippen LogP contribution < -0.4 is 10.1 Å². The Hall–Kier alpha value is -2.07. The third-order valence-corrected chi connectivity index (χ3v) is 3.65. The van der Waals surface area contributed by atoms with Crippen molar-refractivity contribution in [1.82, 2.24) is 5.32 Å². The fourth-order valence-corrected chi connectivity index (χ4v) is 2.34. The molecule has 0 saturated heterocycles. The van der Waals surface area contributed by atoms with E-state index >= 15 is 0 Å². The first-order chi connectivity index (χ1) is 9.78. The first-order valence-corrected chi connectivity index (χ1v) is 7.28. The molecule has 1 amide bonds. The lowest BCUT2D eigenvalue weighted by atomic mass is 10.1. The van der Waals surface area contributed by atoms with Crippen molar-refractivity contribution in [1.29, 1.82) is 0 Å². The third kappa shape index (κ3) is 4.55. The summed E-state index contributed by atoms with van der Waals surface area (Å²) in [6, 6.07) is 11.8. The zero-order valence-corrected chi connectivity index (χ0v) is 12.2. The fraction of sp³-hybridized carbons (Fsp3) is 0.188. The lowest BCUT2D eigenvalue weighted by molar-refractivity contribution is -0.116. The number of benzene rings is 1. The van der Waals surface area contributed by atoms with Crippen LogP contribution in [0.4, 0.5) is 0 Å². The van der Waals surface area contributed by atoms with E-state index in [-0.39, 0.29) is 5.91 Å². The molecular formula is C16H17NO2S. The standard InChI is InChI=1S/C16H17NO2S/c1-19-14-6-4-13(5-7-14)10-11-17-16(18)9-8-15-3-2-12-20-15/h2-9,12H,10-11H2,1H3,(H,17,18)/b9-8+. The molecule has 0 atom stereocenters. The van der Waals surface area contributed by atoms with E-state index < -0.39 is 0 Å². The number of carbonyl (C=O) groups is 1. The van der Waals surface area contributed by atoms with Gasteiger partial charge in [-0.1, -0.05) is 18.2 Å². The van der Waals surface area contributed by atoms with Crippen molar-refractivity contribution < 1.29 is 9.53 Å². The average Bonchev–Trinajstić information content (AvgIpc) is 2.99. The predicted molar refractivity (Wildman–Crippen MR) is 83.1 cm³/mol. The van der Waals surface area contributed by atoms with E-state index in [2.05, 4.69) is 5.32 Å². The highest BCUT2D eigenvalue weighted by molar-refractivity contribution is 7.10. The van der Waals surface area contributed by atoms with E-state index in [0.717, 1.165) is 17.0 Å². The second kappa shape index (κ2) is 7.50. The summed E-state index contributed by atoms with van der Waals surface area (Å²) >= 11 is 1.61. The van der Waals surface area contributed by atoms with Crippen LogP contribution in [0.3, 0.4) is 0 Å². The maximum absolute atomic E-state index is 11.6. The number of amides is 1. The van der Waals surface area contributed by atoms with Crippen LogP contribution in [0.2, 0.25) is 0 Å². The molecule has 0 saturated carbocycles. The smallest absolute Gasteiger partial charge is 0.244 e. The minimum Gasteiger partial charge on any atom is -0.497 e. The molecule has 0 unspecified atom stereocenters. The van der Waals surface area contributed by atoms with Gasteiger partial charge in [-0.05, 0) is 41.6 Å². The minimum absolute atomic E-state index is 0.0630. The second-order valence-electron chi connectivity index (χ2n) is 4.24. The van der Waals surface area contributed by atoms with Crippen LogP contribution in [-0.2, 0) is 11.2 Å². The Morgan fingerprint density at radius 2 is 2.10 bits per heavy atom. The van der Waals surface area contributed by atoms with Gasteiger partial charge in [-0.2, -0.15) is 0 Å². The third-order valence-electron chi connectivity index (χ3n) is 2.81. The Morgan fingerprint density at radius 3 is 2.75 bits per heavy atom. The molecule has 1 N–H and O–H groups in total. The highest BCUT2D eigenvalue weighted by Crippen LogP contribution is 2.11. The lowest BCUT2D eigenvalue weighted by Gasteiger charge is -2.04. The van der Waals surface area contributed by atoms with Crippen molar-refractivity contribution in [2.45, 2.75) is 6.42 Å². The maximum Gasteiger partial charge on any atom is 0.244 e. The summed E-state index contributed by atoms with van der Waals surface area (Å²) in [5.74, 6) is 0.781. The van der Waals surface area contributed by atoms with Crippen molar-refractivity contribution in [2.75, 3.05) is 13.7 Å². The highest BCUT2D eigenvalue weighted by atomic mass is 32.1. The Balaban J connectivity index is 1.73. The maximum atomic E-state index is 11.6. The van der Waals surface area contributed by atoms with E-state index in [0.29, 0.717) is 6.54 Å². The number of methoxy groups -OCH3 is 1. The fourth-order valence-electron chi connectivity index (χ4n) is 1.73. The van der Waals surface area contributed by atoms with Gasteiger partial charge >= 0.3 is 0 Å². The van der Waals surface area contributed by atoms with Gasteiger partial charge in [0.2, 0.25) is 5.91 Å². The Morgan fingerprint density at radius 1 is 1.30 bits per heavy atom. The summed E-state index contributed by atoms with van der Waals surface area (Å²) in [7, 11) is 1.65. The molecule has 3 nitrogen and oxygen atoms in total. The molecule has 0 spiro atoms. The molecule has 104 valence electrons. The normalized spacial score (nSPS) is 10.7. The summed E-state index contributed by atoms with van der Waals surface area (Å²) in [5, 5.41) is 4.86. The van der Waals surface area contributed by atoms with Crippen LogP contribution in [0.5, 0.6) is 5.75 Å². The summed E-state index contributed by atoms with van der Waals surface area (Å²) < 4.78 is 5.10. The van der Waals surface area contributed by atoms with Gasteiger partial charge in [0.05, 0.1) is 7.11 Å². The van der Waals surface area contributed by atoms with Crippen LogP contribution in [-0.4, -0.2) is 19.6 Å². The number of thiophene rings is 1. The summed E-state index contributed by atoms with van der Waals surface area (Å²) in [6.07, 6.45) is 4.20. The van der Waals surface area contributed by atoms with Gasteiger partial charge < -0.3 is 10.1 Å². The van der Waals surface area contributed by atoms with Crippen LogP contribution in [0.15, 0.2) is 47.9 Å². The van der Waals surface area contributed by atoms with Gasteiger partial charge in [-0.15, -0.1) is 11.3 Å². The number of ether oxygens (including phenoxy) is 1. The quantitative estimate of drug-likeness (QED) is 0.829. The molecule has 0 aliphatic carbocycles. The van der Waals surface area contributed by atoms with E-state index in [1.165, 1.54) is 5.56 Å². The minimum atomic E-state index is -0.0630. The number of rotatable bonds is 6. The molecule has 1 aromatic carbocycles. The average molecular weight is 287 g/mol. The highest BCUT2D eigenvalue weighted by Gasteiger charge is 1.97. The zero-order valence-electron chi connectivity index (χ0n) is 11.3. The monoisotopic (exact) mass is 287 g/mol. The van der Waals surface area contributed by atoms with Gasteiger partial charge in [0, 0.05) is 17.5 Å². The second-order valence-corrected chi connectivity index (χ2v) is 5.22. The molecule has 0 aliphatic heterocycles. The summed E-state index contributed by atoms with van der Waals surface area (Å²) in [4.78, 5) is 12.7. The Labute approximate surface area is 122 Å². The number of carbonyl (C=O) groups excluding carboxylic acids is 1. The van der Waals surface area contributed by atoms with E-state index in [1.54, 1.807) is 24.5 Å². The summed E-state index contributed by atoms with van der Waals surface area (Å²) in [5.41, 5.74) is 1.17. The zero-order chi connectivity index (χ0) is 14.2. The van der Waals surface area contributed by atoms with Crippen LogP contribution in [0.1, 0.15) is 10.4 Å². The van der Waals surface area contributed by atoms with Crippen molar-refractivity contribution in [2.24, 2.45) is 0 Å². The number of hydrogen-bond acceptors (Lipinski definition) is 3. The van der Waals surface area contributed by atoms with Crippen LogP contribution >= 0.6 is 11.3 Å². The van der Waals surface area contributed by atoms with E-state index in [1.807, 2.05) is 47.9 Å². The van der Waals surface area contributed by atoms with Crippen LogP contribution in [0, 0.1) is 0 Å².